The summed E-state index contributed by atoms with van der Waals surface area (Å²) in [5.41, 5.74) is 10.5. The first-order valence-corrected chi connectivity index (χ1v) is 27.7. The average molecular weight is 1060 g/mol. The highest BCUT2D eigenvalue weighted by Crippen LogP contribution is 2.17. The molecule has 0 saturated carbocycles. The predicted octanol–water partition coefficient (Wildman–Crippen LogP) is 9.89. The van der Waals surface area contributed by atoms with Crippen LogP contribution in [0.25, 0.3) is 0 Å². The van der Waals surface area contributed by atoms with Crippen molar-refractivity contribution in [2.45, 2.75) is 155 Å². The molecule has 0 unspecified atom stereocenters. The minimum Gasteiger partial charge on any atom is -0.481 e. The number of hydrogen-bond acceptors (Lipinski definition) is 9. The molecule has 4 aromatic rings. The fourth-order valence-electron chi connectivity index (χ4n) is 8.95. The Balaban J connectivity index is 0.000000275. The lowest BCUT2D eigenvalue weighted by Gasteiger charge is -2.35. The Hall–Kier alpha value is -6.74. The number of carboxylic acids is 1. The second-order valence-electron chi connectivity index (χ2n) is 22.0. The summed E-state index contributed by atoms with van der Waals surface area (Å²) in [6.07, 6.45) is 11.1. The van der Waals surface area contributed by atoms with E-state index in [0.717, 1.165) is 64.2 Å². The van der Waals surface area contributed by atoms with Gasteiger partial charge in [-0.25, -0.2) is 9.59 Å². The summed E-state index contributed by atoms with van der Waals surface area (Å²) in [6.45, 7) is 13.9. The summed E-state index contributed by atoms with van der Waals surface area (Å²) in [5, 5.41) is 11.7. The third-order valence-corrected chi connectivity index (χ3v) is 13.0. The molecule has 2 aliphatic rings. The van der Waals surface area contributed by atoms with Crippen LogP contribution < -0.4 is 11.1 Å². The zero-order chi connectivity index (χ0) is 56.1. The smallest absolute Gasteiger partial charge is 0.410 e. The summed E-state index contributed by atoms with van der Waals surface area (Å²) in [5.74, 6) is -1.98. The molecule has 0 aromatic heterocycles. The quantitative estimate of drug-likeness (QED) is 0.0677. The molecule has 2 aliphatic heterocycles. The van der Waals surface area contributed by atoms with E-state index in [-0.39, 0.29) is 30.4 Å². The fourth-order valence-corrected chi connectivity index (χ4v) is 8.95. The summed E-state index contributed by atoms with van der Waals surface area (Å²) in [4.78, 5) is 78.0. The van der Waals surface area contributed by atoms with Crippen LogP contribution in [-0.4, -0.2) is 136 Å². The van der Waals surface area contributed by atoms with Crippen LogP contribution >= 0.6 is 0 Å². The zero-order valence-electron chi connectivity index (χ0n) is 46.8. The van der Waals surface area contributed by atoms with E-state index in [1.807, 2.05) is 57.2 Å². The molecule has 15 nitrogen and oxygen atoms in total. The van der Waals surface area contributed by atoms with Gasteiger partial charge in [-0.1, -0.05) is 121 Å². The Morgan fingerprint density at radius 1 is 0.468 bits per heavy atom. The van der Waals surface area contributed by atoms with Crippen molar-refractivity contribution in [3.8, 4) is 0 Å². The Morgan fingerprint density at radius 2 is 0.753 bits per heavy atom. The van der Waals surface area contributed by atoms with Crippen LogP contribution in [0.5, 0.6) is 0 Å². The van der Waals surface area contributed by atoms with Crippen molar-refractivity contribution >= 4 is 35.9 Å². The van der Waals surface area contributed by atoms with E-state index in [1.165, 1.54) is 44.9 Å². The number of amides is 5. The van der Waals surface area contributed by atoms with Crippen molar-refractivity contribution in [2.75, 3.05) is 52.4 Å². The number of carbonyl (C=O) groups excluding carboxylic acids is 5. The number of nitrogens with two attached hydrogens (primary N) is 1. The summed E-state index contributed by atoms with van der Waals surface area (Å²) in [6, 6.07) is 42.5. The van der Waals surface area contributed by atoms with E-state index in [0.29, 0.717) is 58.4 Å². The van der Waals surface area contributed by atoms with E-state index in [1.54, 1.807) is 30.6 Å². The number of aliphatic carboxylic acids is 1. The number of hydrogen-bond donors (Lipinski definition) is 3. The maximum atomic E-state index is 12.9. The van der Waals surface area contributed by atoms with Crippen LogP contribution in [0.1, 0.15) is 128 Å². The molecule has 0 aliphatic carbocycles. The molecule has 2 heterocycles. The molecule has 2 saturated heterocycles. The number of rotatable bonds is 21. The highest BCUT2D eigenvalue weighted by atomic mass is 16.6. The van der Waals surface area contributed by atoms with Crippen LogP contribution in [0.4, 0.5) is 9.59 Å². The average Bonchev–Trinajstić information content (AvgIpc) is 3.39. The van der Waals surface area contributed by atoms with E-state index in [4.69, 9.17) is 20.3 Å². The molecule has 6 rings (SSSR count). The largest absolute Gasteiger partial charge is 0.481 e. The maximum Gasteiger partial charge on any atom is 0.410 e. The normalized spacial score (nSPS) is 13.7. The van der Waals surface area contributed by atoms with E-state index >= 15 is 0 Å². The van der Waals surface area contributed by atoms with Gasteiger partial charge in [-0.05, 0) is 141 Å². The topological polar surface area (TPSA) is 192 Å². The molecule has 77 heavy (non-hydrogen) atoms. The van der Waals surface area contributed by atoms with E-state index in [2.05, 4.69) is 90.2 Å². The summed E-state index contributed by atoms with van der Waals surface area (Å²) in [7, 11) is 0. The molecule has 15 heteroatoms. The van der Waals surface area contributed by atoms with Crippen molar-refractivity contribution in [3.63, 3.8) is 0 Å². The Kier molecular flexibility index (Phi) is 27.3. The minimum absolute atomic E-state index is 0.0340. The molecule has 420 valence electrons. The molecule has 2 fully saturated rings. The third-order valence-electron chi connectivity index (χ3n) is 13.0. The molecule has 5 amide bonds. The van der Waals surface area contributed by atoms with Gasteiger partial charge in [0, 0.05) is 64.4 Å². The lowest BCUT2D eigenvalue weighted by atomic mass is 9.99. The third kappa shape index (κ3) is 27.2. The van der Waals surface area contributed by atoms with Crippen LogP contribution in [0.3, 0.4) is 0 Å². The van der Waals surface area contributed by atoms with Gasteiger partial charge < -0.3 is 45.2 Å². The van der Waals surface area contributed by atoms with Crippen molar-refractivity contribution < 1.29 is 43.3 Å². The Labute approximate surface area is 458 Å². The number of ether oxygens (including phenoxy) is 2. The molecule has 4 N–H and O–H groups in total. The van der Waals surface area contributed by atoms with Gasteiger partial charge in [-0.15, -0.1) is 0 Å². The van der Waals surface area contributed by atoms with Crippen LogP contribution in [0, 0.1) is 0 Å². The highest BCUT2D eigenvalue weighted by molar-refractivity contribution is 5.97. The van der Waals surface area contributed by atoms with Crippen LogP contribution in [0.15, 0.2) is 121 Å². The molecule has 0 atom stereocenters. The zero-order valence-corrected chi connectivity index (χ0v) is 46.8. The number of nitrogens with one attached hydrogen (secondary N) is 1. The lowest BCUT2D eigenvalue weighted by molar-refractivity contribution is -0.145. The van der Waals surface area contributed by atoms with Crippen molar-refractivity contribution in [1.29, 1.82) is 0 Å². The first-order chi connectivity index (χ1) is 36.7. The van der Waals surface area contributed by atoms with Gasteiger partial charge in [0.1, 0.15) is 24.0 Å². The summed E-state index contributed by atoms with van der Waals surface area (Å²) < 4.78 is 10.6. The van der Waals surface area contributed by atoms with Crippen LogP contribution in [0.2, 0.25) is 0 Å². The maximum absolute atomic E-state index is 12.9. The van der Waals surface area contributed by atoms with Crippen molar-refractivity contribution in [1.82, 2.24) is 24.9 Å². The SMILES string of the molecule is CC(C)(C)OC(=O)N1CCN(C(=O)CC(=O)NC(CCCc2ccccc2)CCCc2ccccc2)CC1.CC(C)(C)OC(=O)N1CCN(C(=O)CC(=O)O)CC1.NC(CCCc1ccccc1)CCCc1ccccc1. The number of aryl methyl sites for hydroxylation is 4. The van der Waals surface area contributed by atoms with Gasteiger partial charge >= 0.3 is 18.2 Å². The fraction of sp³-hybridized carbons (Fsp3) is 0.516. The highest BCUT2D eigenvalue weighted by Gasteiger charge is 2.30. The van der Waals surface area contributed by atoms with Gasteiger partial charge in [-0.2, -0.15) is 0 Å². The summed E-state index contributed by atoms with van der Waals surface area (Å²) >= 11 is 0. The Morgan fingerprint density at radius 3 is 1.05 bits per heavy atom. The monoisotopic (exact) mass is 1060 g/mol. The standard InChI is InChI=1S/C31H43N3O4.C19H25N.C12H20N2O5/c1-31(2,3)38-30(37)34-22-20-33(21-23-34)29(36)24-28(35)32-27(18-10-16-25-12-6-4-7-13-25)19-11-17-26-14-8-5-9-15-26;20-19(15-7-13-17-9-3-1-4-10-17)16-8-14-18-11-5-2-6-12-18;1-12(2,3)19-11(18)14-6-4-13(5-7-14)9(15)8-10(16)17/h4-9,12-15,27H,10-11,16-24H2,1-3H3,(H,32,35);1-6,9-12,19H,7-8,13-16,20H2;4-8H2,1-3H3,(H,16,17). The minimum atomic E-state index is -1.14. The Bertz CT molecular complexity index is 2250. The van der Waals surface area contributed by atoms with Gasteiger partial charge in [0.15, 0.2) is 0 Å². The van der Waals surface area contributed by atoms with Crippen molar-refractivity contribution in [3.05, 3.63) is 144 Å². The van der Waals surface area contributed by atoms with Gasteiger partial charge in [0.25, 0.3) is 0 Å². The number of carboxylic acid groups (broad SMARTS) is 1. The lowest BCUT2D eigenvalue weighted by Crippen LogP contribution is -2.52. The first kappa shape index (κ1) is 62.8. The second kappa shape index (κ2) is 33.4. The molecule has 0 bridgehead atoms. The number of carbonyl (C=O) groups is 6. The van der Waals surface area contributed by atoms with Gasteiger partial charge in [0.05, 0.1) is 0 Å². The van der Waals surface area contributed by atoms with Gasteiger partial charge in [0.2, 0.25) is 17.7 Å². The number of piperazine rings is 2. The predicted molar refractivity (Wildman–Crippen MR) is 303 cm³/mol. The van der Waals surface area contributed by atoms with E-state index < -0.39 is 35.6 Å². The number of nitrogens with zero attached hydrogens (tertiary/aromatic N) is 4. The molecular weight excluding hydrogens is 973 g/mol. The molecule has 0 spiro atoms. The number of benzene rings is 4. The van der Waals surface area contributed by atoms with E-state index in [9.17, 15) is 28.8 Å². The molecule has 0 radical (unpaired) electrons. The first-order valence-electron chi connectivity index (χ1n) is 27.7. The van der Waals surface area contributed by atoms with Crippen molar-refractivity contribution in [2.24, 2.45) is 5.73 Å². The molecular formula is C62H88N6O9. The molecule has 4 aromatic carbocycles. The second-order valence-corrected chi connectivity index (χ2v) is 22.0. The van der Waals surface area contributed by atoms with Gasteiger partial charge in [-0.3, -0.25) is 19.2 Å². The van der Waals surface area contributed by atoms with Crippen LogP contribution in [-0.2, 0) is 54.3 Å².